The summed E-state index contributed by atoms with van der Waals surface area (Å²) in [5.41, 5.74) is 1.99. The van der Waals surface area contributed by atoms with Crippen molar-refractivity contribution in [2.45, 2.75) is 13.8 Å². The van der Waals surface area contributed by atoms with Crippen LogP contribution < -0.4 is 4.90 Å². The molecular weight excluding hydrogens is 194 g/mol. The molecule has 1 saturated heterocycles. The Hall–Kier alpha value is -1.65. The smallest absolute Gasteiger partial charge is 0.310 e. The topological polar surface area (TPSA) is 66.3 Å². The quantitative estimate of drug-likeness (QED) is 0.769. The largest absolute Gasteiger partial charge is 0.481 e. The zero-order valence-corrected chi connectivity index (χ0v) is 8.77. The molecule has 0 amide bonds. The second-order valence-electron chi connectivity index (χ2n) is 3.88. The molecule has 0 unspecified atom stereocenters. The average Bonchev–Trinajstić information content (AvgIpc) is 2.08. The van der Waals surface area contributed by atoms with Crippen LogP contribution in [-0.2, 0) is 4.79 Å². The van der Waals surface area contributed by atoms with Gasteiger partial charge in [-0.1, -0.05) is 0 Å². The summed E-state index contributed by atoms with van der Waals surface area (Å²) in [6, 6.07) is 0. The summed E-state index contributed by atoms with van der Waals surface area (Å²) in [5.74, 6) is -0.374. The molecule has 0 radical (unpaired) electrons. The number of rotatable bonds is 2. The number of nitrogens with zero attached hydrogens (tertiary/aromatic N) is 3. The van der Waals surface area contributed by atoms with Gasteiger partial charge in [0, 0.05) is 25.0 Å². The SMILES string of the molecule is Cc1cnc(N2CC(C(=O)O)C2)nc1C. The number of carboxylic acids is 1. The molecule has 0 atom stereocenters. The minimum atomic E-state index is -0.741. The molecule has 2 heterocycles. The first-order chi connectivity index (χ1) is 7.08. The van der Waals surface area contributed by atoms with Crippen LogP contribution in [-0.4, -0.2) is 34.1 Å². The number of carbonyl (C=O) groups is 1. The van der Waals surface area contributed by atoms with Gasteiger partial charge in [0.15, 0.2) is 0 Å². The van der Waals surface area contributed by atoms with Crippen molar-refractivity contribution in [2.24, 2.45) is 5.92 Å². The molecule has 0 bridgehead atoms. The first-order valence-corrected chi connectivity index (χ1v) is 4.86. The summed E-state index contributed by atoms with van der Waals surface area (Å²) < 4.78 is 0. The van der Waals surface area contributed by atoms with E-state index in [1.165, 1.54) is 0 Å². The van der Waals surface area contributed by atoms with Crippen molar-refractivity contribution in [1.29, 1.82) is 0 Å². The highest BCUT2D eigenvalue weighted by molar-refractivity contribution is 5.73. The third kappa shape index (κ3) is 1.77. The maximum atomic E-state index is 10.6. The summed E-state index contributed by atoms with van der Waals surface area (Å²) in [7, 11) is 0. The van der Waals surface area contributed by atoms with Gasteiger partial charge in [0.2, 0.25) is 5.95 Å². The van der Waals surface area contributed by atoms with Gasteiger partial charge in [-0.25, -0.2) is 9.97 Å². The Bertz CT molecular complexity index is 400. The van der Waals surface area contributed by atoms with E-state index in [2.05, 4.69) is 9.97 Å². The lowest BCUT2D eigenvalue weighted by Gasteiger charge is -2.36. The molecule has 0 aliphatic carbocycles. The number of anilines is 1. The van der Waals surface area contributed by atoms with Crippen LogP contribution in [0.2, 0.25) is 0 Å². The highest BCUT2D eigenvalue weighted by Gasteiger charge is 2.34. The van der Waals surface area contributed by atoms with Gasteiger partial charge >= 0.3 is 5.97 Å². The fourth-order valence-corrected chi connectivity index (χ4v) is 1.47. The van der Waals surface area contributed by atoms with E-state index in [9.17, 15) is 4.79 Å². The van der Waals surface area contributed by atoms with Crippen molar-refractivity contribution in [2.75, 3.05) is 18.0 Å². The van der Waals surface area contributed by atoms with Crippen LogP contribution in [0.25, 0.3) is 0 Å². The number of aliphatic carboxylic acids is 1. The molecule has 1 aromatic rings. The number of aromatic nitrogens is 2. The van der Waals surface area contributed by atoms with Gasteiger partial charge in [-0.15, -0.1) is 0 Å². The molecule has 1 aromatic heterocycles. The van der Waals surface area contributed by atoms with Crippen molar-refractivity contribution < 1.29 is 9.90 Å². The van der Waals surface area contributed by atoms with Gasteiger partial charge in [-0.2, -0.15) is 0 Å². The van der Waals surface area contributed by atoms with Gasteiger partial charge in [0.1, 0.15) is 0 Å². The third-order valence-electron chi connectivity index (χ3n) is 2.73. The van der Waals surface area contributed by atoms with E-state index in [4.69, 9.17) is 5.11 Å². The lowest BCUT2D eigenvalue weighted by molar-refractivity contribution is -0.142. The maximum absolute atomic E-state index is 10.6. The zero-order valence-electron chi connectivity index (χ0n) is 8.77. The molecule has 5 heteroatoms. The summed E-state index contributed by atoms with van der Waals surface area (Å²) in [6.07, 6.45) is 1.77. The minimum absolute atomic E-state index is 0.268. The Morgan fingerprint density at radius 2 is 2.20 bits per heavy atom. The minimum Gasteiger partial charge on any atom is -0.481 e. The number of hydrogen-bond donors (Lipinski definition) is 1. The highest BCUT2D eigenvalue weighted by Crippen LogP contribution is 2.21. The molecule has 0 aromatic carbocycles. The van der Waals surface area contributed by atoms with E-state index in [0.717, 1.165) is 11.3 Å². The van der Waals surface area contributed by atoms with Crippen molar-refractivity contribution in [1.82, 2.24) is 9.97 Å². The molecule has 1 N–H and O–H groups in total. The Morgan fingerprint density at radius 3 is 2.73 bits per heavy atom. The molecule has 80 valence electrons. The van der Waals surface area contributed by atoms with E-state index < -0.39 is 5.97 Å². The van der Waals surface area contributed by atoms with Gasteiger partial charge < -0.3 is 10.0 Å². The first-order valence-electron chi connectivity index (χ1n) is 4.86. The van der Waals surface area contributed by atoms with Crippen LogP contribution in [0.3, 0.4) is 0 Å². The molecule has 1 aliphatic rings. The monoisotopic (exact) mass is 207 g/mol. The highest BCUT2D eigenvalue weighted by atomic mass is 16.4. The van der Waals surface area contributed by atoms with Crippen LogP contribution >= 0.6 is 0 Å². The fraction of sp³-hybridized carbons (Fsp3) is 0.500. The van der Waals surface area contributed by atoms with Gasteiger partial charge in [0.25, 0.3) is 0 Å². The molecular formula is C10H13N3O2. The number of hydrogen-bond acceptors (Lipinski definition) is 4. The molecule has 1 aliphatic heterocycles. The van der Waals surface area contributed by atoms with E-state index in [0.29, 0.717) is 19.0 Å². The molecule has 2 rings (SSSR count). The van der Waals surface area contributed by atoms with Crippen LogP contribution in [0.1, 0.15) is 11.3 Å². The summed E-state index contributed by atoms with van der Waals surface area (Å²) in [5, 5.41) is 8.73. The molecule has 0 saturated carbocycles. The van der Waals surface area contributed by atoms with Crippen molar-refractivity contribution in [3.8, 4) is 0 Å². The number of aryl methyl sites for hydroxylation is 2. The van der Waals surface area contributed by atoms with Crippen LogP contribution in [0.5, 0.6) is 0 Å². The average molecular weight is 207 g/mol. The van der Waals surface area contributed by atoms with Gasteiger partial charge in [-0.05, 0) is 19.4 Å². The van der Waals surface area contributed by atoms with E-state index in [1.54, 1.807) is 6.20 Å². The standard InChI is InChI=1S/C10H13N3O2/c1-6-3-11-10(12-7(6)2)13-4-8(5-13)9(14)15/h3,8H,4-5H2,1-2H3,(H,14,15). The predicted molar refractivity (Wildman–Crippen MR) is 54.8 cm³/mol. The van der Waals surface area contributed by atoms with Crippen molar-refractivity contribution >= 4 is 11.9 Å². The van der Waals surface area contributed by atoms with E-state index in [1.807, 2.05) is 18.7 Å². The number of carboxylic acid groups (broad SMARTS) is 1. The second-order valence-corrected chi connectivity index (χ2v) is 3.88. The molecule has 15 heavy (non-hydrogen) atoms. The van der Waals surface area contributed by atoms with Gasteiger partial charge in [0.05, 0.1) is 5.92 Å². The van der Waals surface area contributed by atoms with Gasteiger partial charge in [-0.3, -0.25) is 4.79 Å². The third-order valence-corrected chi connectivity index (χ3v) is 2.73. The van der Waals surface area contributed by atoms with E-state index in [-0.39, 0.29) is 5.92 Å². The van der Waals surface area contributed by atoms with Crippen molar-refractivity contribution in [3.63, 3.8) is 0 Å². The second kappa shape index (κ2) is 3.49. The Morgan fingerprint density at radius 1 is 1.53 bits per heavy atom. The summed E-state index contributed by atoms with van der Waals surface area (Å²) in [4.78, 5) is 21.0. The summed E-state index contributed by atoms with van der Waals surface area (Å²) >= 11 is 0. The normalized spacial score (nSPS) is 16.3. The Labute approximate surface area is 87.8 Å². The molecule has 1 fully saturated rings. The lowest BCUT2D eigenvalue weighted by atomic mass is 10.0. The van der Waals surface area contributed by atoms with Crippen LogP contribution in [0.15, 0.2) is 6.20 Å². The zero-order chi connectivity index (χ0) is 11.0. The fourth-order valence-electron chi connectivity index (χ4n) is 1.47. The first kappa shape index (κ1) is 9.89. The molecule has 5 nitrogen and oxygen atoms in total. The Balaban J connectivity index is 2.07. The van der Waals surface area contributed by atoms with Crippen LogP contribution in [0.4, 0.5) is 5.95 Å². The van der Waals surface area contributed by atoms with Crippen molar-refractivity contribution in [3.05, 3.63) is 17.5 Å². The summed E-state index contributed by atoms with van der Waals surface area (Å²) in [6.45, 7) is 4.90. The van der Waals surface area contributed by atoms with Crippen LogP contribution in [0, 0.1) is 19.8 Å². The molecule has 0 spiro atoms. The van der Waals surface area contributed by atoms with E-state index >= 15 is 0 Å². The predicted octanol–water partition coefficient (Wildman–Crippen LogP) is 0.614. The Kier molecular flexibility index (Phi) is 2.30. The maximum Gasteiger partial charge on any atom is 0.310 e. The lowest BCUT2D eigenvalue weighted by Crippen LogP contribution is -2.51.